The molecule has 244 valence electrons. The molecule has 0 radical (unpaired) electrons. The predicted octanol–water partition coefficient (Wildman–Crippen LogP) is 10.6. The molecule has 2 aromatic rings. The zero-order chi connectivity index (χ0) is 32.5. The number of hydrogen-bond acceptors (Lipinski definition) is 2. The number of hydrogen-bond donors (Lipinski definition) is 0. The Bertz CT molecular complexity index is 1270. The van der Waals surface area contributed by atoms with Crippen molar-refractivity contribution in [1.29, 1.82) is 0 Å². The first-order chi connectivity index (χ1) is 20.4. The van der Waals surface area contributed by atoms with E-state index in [-0.39, 0.29) is 75.3 Å². The van der Waals surface area contributed by atoms with Gasteiger partial charge in [-0.15, -0.1) is 13.2 Å². The van der Waals surface area contributed by atoms with Gasteiger partial charge in [-0.3, -0.25) is 0 Å². The van der Waals surface area contributed by atoms with E-state index in [0.717, 1.165) is 0 Å². The summed E-state index contributed by atoms with van der Waals surface area (Å²) in [6.45, 7) is 0. The van der Waals surface area contributed by atoms with Gasteiger partial charge in [-0.25, -0.2) is 13.2 Å². The van der Waals surface area contributed by atoms with E-state index in [4.69, 9.17) is 0 Å². The molecule has 0 aromatic heterocycles. The van der Waals surface area contributed by atoms with Crippen LogP contribution in [-0.2, 0) is 5.92 Å². The van der Waals surface area contributed by atoms with Crippen molar-refractivity contribution in [3.05, 3.63) is 71.6 Å². The molecule has 2 saturated carbocycles. The van der Waals surface area contributed by atoms with Crippen LogP contribution in [0.4, 0.5) is 52.7 Å². The van der Waals surface area contributed by atoms with Crippen molar-refractivity contribution in [3.63, 3.8) is 0 Å². The number of benzene rings is 2. The standard InChI is InChI=1S/C30H28F12O2/c31-22-13-11-20(12-14-22)28(36,37)27(34,35)19-7-3-17(4-8-19)1-2-18-5-9-21(10-6-18)29(38,39)43-23-15-24(32)26(25(33)16-23)44-30(40,41)42/h1-2,11-19,21H,3-10H2/b2-1+. The van der Waals surface area contributed by atoms with E-state index in [9.17, 15) is 52.7 Å². The van der Waals surface area contributed by atoms with Crippen LogP contribution in [0.5, 0.6) is 11.5 Å². The Morgan fingerprint density at radius 2 is 1.05 bits per heavy atom. The molecule has 2 aliphatic rings. The van der Waals surface area contributed by atoms with Gasteiger partial charge in [-0.05, 0) is 87.5 Å². The van der Waals surface area contributed by atoms with Crippen molar-refractivity contribution in [2.45, 2.75) is 75.7 Å². The number of ether oxygens (including phenoxy) is 2. The lowest BCUT2D eigenvalue weighted by Crippen LogP contribution is -2.45. The molecule has 14 heteroatoms. The number of halogens is 12. The van der Waals surface area contributed by atoms with Gasteiger partial charge >= 0.3 is 24.3 Å². The van der Waals surface area contributed by atoms with E-state index in [1.807, 2.05) is 0 Å². The molecule has 2 nitrogen and oxygen atoms in total. The second-order valence-electron chi connectivity index (χ2n) is 11.2. The average molecular weight is 649 g/mol. The summed E-state index contributed by atoms with van der Waals surface area (Å²) < 4.78 is 174. The van der Waals surface area contributed by atoms with E-state index in [2.05, 4.69) is 9.47 Å². The number of alkyl halides is 9. The quantitative estimate of drug-likeness (QED) is 0.199. The van der Waals surface area contributed by atoms with Crippen LogP contribution < -0.4 is 9.47 Å². The zero-order valence-corrected chi connectivity index (χ0v) is 22.9. The predicted molar refractivity (Wildman–Crippen MR) is 134 cm³/mol. The lowest BCUT2D eigenvalue weighted by Gasteiger charge is -2.37. The van der Waals surface area contributed by atoms with Crippen LogP contribution in [0.25, 0.3) is 0 Å². The molecule has 44 heavy (non-hydrogen) atoms. The van der Waals surface area contributed by atoms with Crippen LogP contribution in [-0.4, -0.2) is 18.4 Å². The van der Waals surface area contributed by atoms with E-state index in [0.29, 0.717) is 24.3 Å². The highest BCUT2D eigenvalue weighted by Gasteiger charge is 2.61. The maximum atomic E-state index is 14.8. The lowest BCUT2D eigenvalue weighted by molar-refractivity contribution is -0.276. The molecular formula is C30H28F12O2. The summed E-state index contributed by atoms with van der Waals surface area (Å²) in [6.07, 6.45) is -5.18. The van der Waals surface area contributed by atoms with E-state index >= 15 is 0 Å². The Morgan fingerprint density at radius 1 is 0.591 bits per heavy atom. The average Bonchev–Trinajstić information content (AvgIpc) is 2.94. The van der Waals surface area contributed by atoms with Crippen LogP contribution in [0.2, 0.25) is 0 Å². The molecule has 0 N–H and O–H groups in total. The highest BCUT2D eigenvalue weighted by atomic mass is 19.4. The maximum Gasteiger partial charge on any atom is 0.573 e. The van der Waals surface area contributed by atoms with Crippen molar-refractivity contribution in [3.8, 4) is 11.5 Å². The first-order valence-electron chi connectivity index (χ1n) is 13.9. The van der Waals surface area contributed by atoms with Gasteiger partial charge in [0.1, 0.15) is 11.6 Å². The first kappa shape index (κ1) is 33.8. The minimum atomic E-state index is -5.40. The largest absolute Gasteiger partial charge is 0.573 e. The van der Waals surface area contributed by atoms with Gasteiger partial charge in [0.05, 0.1) is 5.92 Å². The third-order valence-electron chi connectivity index (χ3n) is 8.26. The van der Waals surface area contributed by atoms with Crippen LogP contribution in [0.15, 0.2) is 48.6 Å². The number of allylic oxidation sites excluding steroid dienone is 2. The second-order valence-corrected chi connectivity index (χ2v) is 11.2. The molecule has 2 aliphatic carbocycles. The Hall–Kier alpha value is -3.06. The highest BCUT2D eigenvalue weighted by Crippen LogP contribution is 2.52. The topological polar surface area (TPSA) is 18.5 Å². The summed E-state index contributed by atoms with van der Waals surface area (Å²) in [6, 6.07) is 3.01. The van der Waals surface area contributed by atoms with Gasteiger partial charge in [-0.2, -0.15) is 26.3 Å². The molecule has 0 atom stereocenters. The molecular weight excluding hydrogens is 620 g/mol. The molecule has 0 saturated heterocycles. The smallest absolute Gasteiger partial charge is 0.432 e. The maximum absolute atomic E-state index is 14.8. The van der Waals surface area contributed by atoms with Gasteiger partial charge in [0.2, 0.25) is 5.75 Å². The van der Waals surface area contributed by atoms with Crippen molar-refractivity contribution in [2.75, 3.05) is 0 Å². The second kappa shape index (κ2) is 12.7. The summed E-state index contributed by atoms with van der Waals surface area (Å²) >= 11 is 0. The Balaban J connectivity index is 1.27. The minimum Gasteiger partial charge on any atom is -0.432 e. The Labute approximate surface area is 245 Å². The number of rotatable bonds is 9. The summed E-state index contributed by atoms with van der Waals surface area (Å²) in [5, 5.41) is 0. The van der Waals surface area contributed by atoms with Gasteiger partial charge in [0.25, 0.3) is 0 Å². The van der Waals surface area contributed by atoms with Gasteiger partial charge < -0.3 is 9.47 Å². The third kappa shape index (κ3) is 7.77. The molecule has 0 heterocycles. The molecule has 0 spiro atoms. The van der Waals surface area contributed by atoms with Crippen LogP contribution in [0.1, 0.15) is 56.9 Å². The fraction of sp³-hybridized carbons (Fsp3) is 0.533. The summed E-state index contributed by atoms with van der Waals surface area (Å²) in [5.41, 5.74) is -0.967. The fourth-order valence-electron chi connectivity index (χ4n) is 5.79. The van der Waals surface area contributed by atoms with Gasteiger partial charge in [0.15, 0.2) is 11.6 Å². The van der Waals surface area contributed by atoms with Crippen LogP contribution in [0.3, 0.4) is 0 Å². The lowest BCUT2D eigenvalue weighted by atomic mass is 9.75. The molecule has 0 unspecified atom stereocenters. The summed E-state index contributed by atoms with van der Waals surface area (Å²) in [4.78, 5) is 0. The Morgan fingerprint density at radius 3 is 1.50 bits per heavy atom. The normalized spacial score (nSPS) is 24.0. The Kier molecular flexibility index (Phi) is 9.80. The van der Waals surface area contributed by atoms with Gasteiger partial charge in [0, 0.05) is 23.6 Å². The van der Waals surface area contributed by atoms with E-state index in [1.165, 1.54) is 0 Å². The van der Waals surface area contributed by atoms with Crippen molar-refractivity contribution in [2.24, 2.45) is 23.7 Å². The molecule has 0 bridgehead atoms. The molecule has 2 aromatic carbocycles. The highest BCUT2D eigenvalue weighted by molar-refractivity contribution is 5.35. The fourth-order valence-corrected chi connectivity index (χ4v) is 5.79. The molecule has 4 rings (SSSR count). The van der Waals surface area contributed by atoms with Crippen molar-refractivity contribution >= 4 is 0 Å². The van der Waals surface area contributed by atoms with Gasteiger partial charge in [-0.1, -0.05) is 12.2 Å². The summed E-state index contributed by atoms with van der Waals surface area (Å²) in [5.74, 6) is -19.5. The van der Waals surface area contributed by atoms with E-state index in [1.54, 1.807) is 12.2 Å². The summed E-state index contributed by atoms with van der Waals surface area (Å²) in [7, 11) is 0. The first-order valence-corrected chi connectivity index (χ1v) is 13.9. The molecule has 0 amide bonds. The van der Waals surface area contributed by atoms with Crippen LogP contribution in [0, 0.1) is 41.1 Å². The zero-order valence-electron chi connectivity index (χ0n) is 22.9. The minimum absolute atomic E-state index is 0.0559. The molecule has 0 aliphatic heterocycles. The monoisotopic (exact) mass is 648 g/mol. The SMILES string of the molecule is Fc1ccc(C(F)(F)C(F)(F)C2CCC(/C=C/C3CCC(C(F)(F)Oc4cc(F)c(OC(F)(F)F)c(F)c4)CC3)CC2)cc1. The van der Waals surface area contributed by atoms with Crippen molar-refractivity contribution < 1.29 is 62.2 Å². The van der Waals surface area contributed by atoms with Crippen molar-refractivity contribution in [1.82, 2.24) is 0 Å². The van der Waals surface area contributed by atoms with Crippen LogP contribution >= 0.6 is 0 Å². The third-order valence-corrected chi connectivity index (χ3v) is 8.26. The molecule has 2 fully saturated rings. The van der Waals surface area contributed by atoms with E-state index < -0.39 is 70.7 Å².